The van der Waals surface area contributed by atoms with E-state index in [0.29, 0.717) is 16.7 Å². The second-order valence-corrected chi connectivity index (χ2v) is 4.80. The van der Waals surface area contributed by atoms with Gasteiger partial charge in [0, 0.05) is 23.3 Å². The van der Waals surface area contributed by atoms with Crippen molar-refractivity contribution in [1.29, 1.82) is 5.26 Å². The third kappa shape index (κ3) is 2.91. The van der Waals surface area contributed by atoms with Crippen LogP contribution in [-0.2, 0) is 0 Å². The van der Waals surface area contributed by atoms with E-state index in [1.807, 2.05) is 6.07 Å². The van der Waals surface area contributed by atoms with Gasteiger partial charge in [-0.1, -0.05) is 17.7 Å². The van der Waals surface area contributed by atoms with Crippen molar-refractivity contribution in [3.05, 3.63) is 73.8 Å². The second kappa shape index (κ2) is 5.73. The summed E-state index contributed by atoms with van der Waals surface area (Å²) < 4.78 is 0. The first kappa shape index (κ1) is 14.7. The van der Waals surface area contributed by atoms with Gasteiger partial charge in [-0.3, -0.25) is 14.9 Å². The van der Waals surface area contributed by atoms with Gasteiger partial charge in [-0.05, 0) is 30.7 Å². The monoisotopic (exact) mass is 300 g/mol. The SMILES string of the molecule is Cc1ccc(C#N)cc1C(=O)c1ccc([N+](=O)[O-])cc1Cl. The Morgan fingerprint density at radius 3 is 2.52 bits per heavy atom. The van der Waals surface area contributed by atoms with Gasteiger partial charge in [-0.15, -0.1) is 0 Å². The van der Waals surface area contributed by atoms with Crippen LogP contribution in [-0.4, -0.2) is 10.7 Å². The molecular formula is C15H9ClN2O3. The van der Waals surface area contributed by atoms with Crippen LogP contribution in [0.25, 0.3) is 0 Å². The van der Waals surface area contributed by atoms with Crippen molar-refractivity contribution >= 4 is 23.1 Å². The number of carbonyl (C=O) groups is 1. The molecule has 0 aliphatic rings. The molecule has 0 aliphatic carbocycles. The summed E-state index contributed by atoms with van der Waals surface area (Å²) in [6, 6.07) is 10.4. The van der Waals surface area contributed by atoms with E-state index >= 15 is 0 Å². The average molecular weight is 301 g/mol. The highest BCUT2D eigenvalue weighted by Crippen LogP contribution is 2.26. The zero-order valence-electron chi connectivity index (χ0n) is 11.0. The van der Waals surface area contributed by atoms with Crippen molar-refractivity contribution in [1.82, 2.24) is 0 Å². The van der Waals surface area contributed by atoms with Gasteiger partial charge in [0.2, 0.25) is 0 Å². The van der Waals surface area contributed by atoms with Gasteiger partial charge in [-0.2, -0.15) is 5.26 Å². The third-order valence-electron chi connectivity index (χ3n) is 3.02. The number of ketones is 1. The Labute approximate surface area is 125 Å². The molecule has 0 spiro atoms. The zero-order valence-corrected chi connectivity index (χ0v) is 11.7. The highest BCUT2D eigenvalue weighted by molar-refractivity contribution is 6.35. The van der Waals surface area contributed by atoms with Crippen molar-refractivity contribution in [2.45, 2.75) is 6.92 Å². The molecule has 21 heavy (non-hydrogen) atoms. The molecule has 0 unspecified atom stereocenters. The summed E-state index contributed by atoms with van der Waals surface area (Å²) in [5, 5.41) is 19.6. The maximum Gasteiger partial charge on any atom is 0.270 e. The Morgan fingerprint density at radius 1 is 1.24 bits per heavy atom. The predicted octanol–water partition coefficient (Wildman–Crippen LogP) is 3.66. The zero-order chi connectivity index (χ0) is 15.6. The first-order valence-corrected chi connectivity index (χ1v) is 6.31. The van der Waals surface area contributed by atoms with Crippen LogP contribution >= 0.6 is 11.6 Å². The van der Waals surface area contributed by atoms with E-state index in [2.05, 4.69) is 0 Å². The van der Waals surface area contributed by atoms with Gasteiger partial charge in [0.05, 0.1) is 21.6 Å². The number of nitro groups is 1. The molecule has 0 aliphatic heterocycles. The van der Waals surface area contributed by atoms with Gasteiger partial charge in [0.25, 0.3) is 5.69 Å². The summed E-state index contributed by atoms with van der Waals surface area (Å²) in [6.45, 7) is 1.74. The molecule has 2 aromatic carbocycles. The molecule has 5 nitrogen and oxygen atoms in total. The Morgan fingerprint density at radius 2 is 1.95 bits per heavy atom. The summed E-state index contributed by atoms with van der Waals surface area (Å²) in [5.74, 6) is -0.371. The molecular weight excluding hydrogens is 292 g/mol. The molecule has 0 aromatic heterocycles. The molecule has 0 atom stereocenters. The van der Waals surface area contributed by atoms with E-state index < -0.39 is 4.92 Å². The highest BCUT2D eigenvalue weighted by atomic mass is 35.5. The molecule has 104 valence electrons. The van der Waals surface area contributed by atoms with E-state index in [-0.39, 0.29) is 22.1 Å². The first-order valence-electron chi connectivity index (χ1n) is 5.93. The number of rotatable bonds is 3. The average Bonchev–Trinajstić information content (AvgIpc) is 2.47. The molecule has 2 rings (SSSR count). The van der Waals surface area contributed by atoms with Gasteiger partial charge in [0.15, 0.2) is 5.78 Å². The number of carbonyl (C=O) groups excluding carboxylic acids is 1. The fraction of sp³-hybridized carbons (Fsp3) is 0.0667. The van der Waals surface area contributed by atoms with E-state index in [4.69, 9.17) is 16.9 Å². The summed E-state index contributed by atoms with van der Waals surface area (Å²) in [5.41, 5.74) is 1.40. The number of halogens is 1. The summed E-state index contributed by atoms with van der Waals surface area (Å²) >= 11 is 5.95. The molecule has 0 saturated carbocycles. The number of nitriles is 1. The summed E-state index contributed by atoms with van der Waals surface area (Å²) in [7, 11) is 0. The maximum atomic E-state index is 12.5. The quantitative estimate of drug-likeness (QED) is 0.492. The Hall–Kier alpha value is -2.71. The Bertz CT molecular complexity index is 794. The minimum atomic E-state index is -0.582. The molecule has 0 amide bonds. The molecule has 0 saturated heterocycles. The smallest absolute Gasteiger partial charge is 0.270 e. The number of hydrogen-bond donors (Lipinski definition) is 0. The minimum Gasteiger partial charge on any atom is -0.289 e. The molecule has 0 fully saturated rings. The van der Waals surface area contributed by atoms with Crippen molar-refractivity contribution < 1.29 is 9.72 Å². The molecule has 0 radical (unpaired) electrons. The van der Waals surface area contributed by atoms with E-state index in [1.165, 1.54) is 18.2 Å². The van der Waals surface area contributed by atoms with Crippen LogP contribution < -0.4 is 0 Å². The van der Waals surface area contributed by atoms with Crippen LogP contribution in [0, 0.1) is 28.4 Å². The molecule has 6 heteroatoms. The Kier molecular flexibility index (Phi) is 4.01. The standard InChI is InChI=1S/C15H9ClN2O3/c1-9-2-3-10(8-17)6-13(9)15(19)12-5-4-11(18(20)21)7-14(12)16/h2-7H,1H3. The summed E-state index contributed by atoms with van der Waals surface area (Å²) in [4.78, 5) is 22.6. The van der Waals surface area contributed by atoms with Crippen molar-refractivity contribution in [2.75, 3.05) is 0 Å². The van der Waals surface area contributed by atoms with E-state index in [0.717, 1.165) is 6.07 Å². The number of hydrogen-bond acceptors (Lipinski definition) is 4. The maximum absolute atomic E-state index is 12.5. The normalized spacial score (nSPS) is 9.95. The van der Waals surface area contributed by atoms with Crippen molar-refractivity contribution in [2.24, 2.45) is 0 Å². The largest absolute Gasteiger partial charge is 0.289 e. The lowest BCUT2D eigenvalue weighted by atomic mass is 9.97. The van der Waals surface area contributed by atoms with Crippen LogP contribution in [0.15, 0.2) is 36.4 Å². The van der Waals surface area contributed by atoms with Crippen molar-refractivity contribution in [3.8, 4) is 6.07 Å². The van der Waals surface area contributed by atoms with Gasteiger partial charge >= 0.3 is 0 Å². The van der Waals surface area contributed by atoms with E-state index in [1.54, 1.807) is 19.1 Å². The number of aryl methyl sites for hydroxylation is 1. The van der Waals surface area contributed by atoms with Crippen LogP contribution in [0.3, 0.4) is 0 Å². The fourth-order valence-electron chi connectivity index (χ4n) is 1.88. The second-order valence-electron chi connectivity index (χ2n) is 4.39. The van der Waals surface area contributed by atoms with Crippen LogP contribution in [0.4, 0.5) is 5.69 Å². The lowest BCUT2D eigenvalue weighted by Crippen LogP contribution is -2.05. The van der Waals surface area contributed by atoms with E-state index in [9.17, 15) is 14.9 Å². The molecule has 2 aromatic rings. The number of nitro benzene ring substituents is 1. The van der Waals surface area contributed by atoms with Crippen LogP contribution in [0.2, 0.25) is 5.02 Å². The third-order valence-corrected chi connectivity index (χ3v) is 3.33. The number of non-ortho nitro benzene ring substituents is 1. The lowest BCUT2D eigenvalue weighted by molar-refractivity contribution is -0.384. The van der Waals surface area contributed by atoms with Crippen molar-refractivity contribution in [3.63, 3.8) is 0 Å². The van der Waals surface area contributed by atoms with Gasteiger partial charge in [0.1, 0.15) is 0 Å². The summed E-state index contributed by atoms with van der Waals surface area (Å²) in [6.07, 6.45) is 0. The first-order chi connectivity index (χ1) is 9.93. The number of nitrogens with zero attached hydrogens (tertiary/aromatic N) is 2. The Balaban J connectivity index is 2.50. The lowest BCUT2D eigenvalue weighted by Gasteiger charge is -2.07. The topological polar surface area (TPSA) is 84.0 Å². The van der Waals surface area contributed by atoms with Crippen LogP contribution in [0.5, 0.6) is 0 Å². The minimum absolute atomic E-state index is 0.0101. The highest BCUT2D eigenvalue weighted by Gasteiger charge is 2.18. The fourth-order valence-corrected chi connectivity index (χ4v) is 2.14. The molecule has 0 heterocycles. The number of benzene rings is 2. The van der Waals surface area contributed by atoms with Gasteiger partial charge in [-0.25, -0.2) is 0 Å². The molecule has 0 bridgehead atoms. The molecule has 0 N–H and O–H groups in total. The van der Waals surface area contributed by atoms with Gasteiger partial charge < -0.3 is 0 Å². The van der Waals surface area contributed by atoms with Crippen LogP contribution in [0.1, 0.15) is 27.0 Å². The predicted molar refractivity (Wildman–Crippen MR) is 77.4 cm³/mol.